The molecule has 3 atom stereocenters. The Morgan fingerprint density at radius 3 is 2.27 bits per heavy atom. The molecule has 1 aliphatic rings. The Bertz CT molecular complexity index is 822. The summed E-state index contributed by atoms with van der Waals surface area (Å²) in [5, 5.41) is 2.16. The van der Waals surface area contributed by atoms with Gasteiger partial charge in [0.15, 0.2) is 11.6 Å². The van der Waals surface area contributed by atoms with Crippen LogP contribution in [0.15, 0.2) is 12.1 Å². The van der Waals surface area contributed by atoms with Crippen LogP contribution in [-0.2, 0) is 9.53 Å². The summed E-state index contributed by atoms with van der Waals surface area (Å²) in [5.74, 6) is -6.53. The molecule has 1 aliphatic heterocycles. The maximum absolute atomic E-state index is 14.3. The van der Waals surface area contributed by atoms with Crippen molar-refractivity contribution < 1.29 is 40.7 Å². The zero-order chi connectivity index (χ0) is 23.0. The normalized spacial score (nSPS) is 22.8. The molecule has 0 spiro atoms. The third kappa shape index (κ3) is 5.57. The lowest BCUT2D eigenvalue weighted by molar-refractivity contribution is -0.171. The number of nitrogens with zero attached hydrogens (tertiary/aromatic N) is 1. The van der Waals surface area contributed by atoms with Gasteiger partial charge in [0, 0.05) is 17.5 Å². The lowest BCUT2D eigenvalue weighted by Crippen LogP contribution is -2.60. The number of amides is 2. The van der Waals surface area contributed by atoms with Gasteiger partial charge in [0.1, 0.15) is 24.0 Å². The Labute approximate surface area is 169 Å². The number of halogens is 6. The molecule has 5 nitrogen and oxygen atoms in total. The number of alkyl halides is 3. The molecule has 1 fully saturated rings. The second kappa shape index (κ2) is 8.35. The molecule has 0 bridgehead atoms. The Morgan fingerprint density at radius 1 is 1.17 bits per heavy atom. The number of hydrogen-bond acceptors (Lipinski definition) is 3. The van der Waals surface area contributed by atoms with Gasteiger partial charge in [-0.2, -0.15) is 13.2 Å². The van der Waals surface area contributed by atoms with Crippen molar-refractivity contribution in [3.63, 3.8) is 0 Å². The van der Waals surface area contributed by atoms with Gasteiger partial charge in [-0.05, 0) is 46.2 Å². The van der Waals surface area contributed by atoms with E-state index in [1.54, 1.807) is 0 Å². The summed E-state index contributed by atoms with van der Waals surface area (Å²) < 4.78 is 86.5. The summed E-state index contributed by atoms with van der Waals surface area (Å²) in [4.78, 5) is 25.0. The minimum Gasteiger partial charge on any atom is -0.444 e. The second-order valence-electron chi connectivity index (χ2n) is 8.12. The molecule has 0 aliphatic carbocycles. The zero-order valence-corrected chi connectivity index (χ0v) is 16.7. The predicted octanol–water partition coefficient (Wildman–Crippen LogP) is 4.26. The van der Waals surface area contributed by atoms with Crippen molar-refractivity contribution in [2.45, 2.75) is 63.9 Å². The highest BCUT2D eigenvalue weighted by molar-refractivity contribution is 5.87. The smallest absolute Gasteiger partial charge is 0.408 e. The lowest BCUT2D eigenvalue weighted by Gasteiger charge is -2.43. The van der Waals surface area contributed by atoms with Crippen molar-refractivity contribution in [1.82, 2.24) is 10.2 Å². The van der Waals surface area contributed by atoms with E-state index in [4.69, 9.17) is 4.74 Å². The van der Waals surface area contributed by atoms with E-state index in [0.717, 1.165) is 0 Å². The maximum Gasteiger partial charge on any atom is 0.408 e. The SMILES string of the molecule is CC1C(c2c(F)ccc(F)c2F)CC(NC(=O)OC(C)(C)C)C(=O)N1CC(F)(F)F. The van der Waals surface area contributed by atoms with Crippen LogP contribution in [0.3, 0.4) is 0 Å². The summed E-state index contributed by atoms with van der Waals surface area (Å²) in [6, 6.07) is -1.66. The molecule has 11 heteroatoms. The first-order chi connectivity index (χ1) is 13.6. The first kappa shape index (κ1) is 23.8. The number of likely N-dealkylation sites (tertiary alicyclic amines) is 1. The van der Waals surface area contributed by atoms with Crippen LogP contribution in [0.1, 0.15) is 45.6 Å². The molecule has 2 amide bonds. The Morgan fingerprint density at radius 2 is 1.73 bits per heavy atom. The first-order valence-corrected chi connectivity index (χ1v) is 9.11. The monoisotopic (exact) mass is 440 g/mol. The fourth-order valence-electron chi connectivity index (χ4n) is 3.40. The molecule has 30 heavy (non-hydrogen) atoms. The van der Waals surface area contributed by atoms with Crippen LogP contribution in [0.25, 0.3) is 0 Å². The second-order valence-corrected chi connectivity index (χ2v) is 8.12. The van der Waals surface area contributed by atoms with Crippen molar-refractivity contribution in [3.05, 3.63) is 35.1 Å². The molecule has 1 saturated heterocycles. The summed E-state index contributed by atoms with van der Waals surface area (Å²) in [6.45, 7) is 4.09. The molecule has 0 radical (unpaired) electrons. The number of piperidine rings is 1. The van der Waals surface area contributed by atoms with Crippen molar-refractivity contribution in [2.24, 2.45) is 0 Å². The zero-order valence-electron chi connectivity index (χ0n) is 16.7. The molecule has 1 aromatic carbocycles. The average Bonchev–Trinajstić information content (AvgIpc) is 2.56. The number of rotatable bonds is 3. The highest BCUT2D eigenvalue weighted by Gasteiger charge is 2.47. The summed E-state index contributed by atoms with van der Waals surface area (Å²) in [6.07, 6.45) is -6.33. The molecular formula is C19H22F6N2O3. The Kier molecular flexibility index (Phi) is 6.63. The van der Waals surface area contributed by atoms with Crippen LogP contribution < -0.4 is 5.32 Å². The van der Waals surface area contributed by atoms with Gasteiger partial charge in [-0.25, -0.2) is 18.0 Å². The van der Waals surface area contributed by atoms with Crippen molar-refractivity contribution in [1.29, 1.82) is 0 Å². The van der Waals surface area contributed by atoms with Crippen LogP contribution in [0, 0.1) is 17.5 Å². The topological polar surface area (TPSA) is 58.6 Å². The van der Waals surface area contributed by atoms with Crippen LogP contribution in [-0.4, -0.2) is 47.3 Å². The average molecular weight is 440 g/mol. The van der Waals surface area contributed by atoms with Gasteiger partial charge in [-0.15, -0.1) is 0 Å². The maximum atomic E-state index is 14.3. The van der Waals surface area contributed by atoms with Gasteiger partial charge in [-0.3, -0.25) is 4.79 Å². The minimum absolute atomic E-state index is 0.375. The van der Waals surface area contributed by atoms with E-state index in [2.05, 4.69) is 5.32 Å². The van der Waals surface area contributed by atoms with Gasteiger partial charge >= 0.3 is 12.3 Å². The van der Waals surface area contributed by atoms with Crippen molar-refractivity contribution in [3.8, 4) is 0 Å². The Hall–Kier alpha value is -2.46. The fraction of sp³-hybridized carbons (Fsp3) is 0.579. The van der Waals surface area contributed by atoms with E-state index in [-0.39, 0.29) is 0 Å². The summed E-state index contributed by atoms with van der Waals surface area (Å²) >= 11 is 0. The van der Waals surface area contributed by atoms with Crippen molar-refractivity contribution >= 4 is 12.0 Å². The molecule has 2 rings (SSSR count). The summed E-state index contributed by atoms with van der Waals surface area (Å²) in [5.41, 5.74) is -1.74. The Balaban J connectivity index is 2.44. The van der Waals surface area contributed by atoms with Crippen LogP contribution >= 0.6 is 0 Å². The van der Waals surface area contributed by atoms with E-state index in [0.29, 0.717) is 17.0 Å². The first-order valence-electron chi connectivity index (χ1n) is 9.11. The van der Waals surface area contributed by atoms with Gasteiger partial charge in [0.25, 0.3) is 0 Å². The number of alkyl carbamates (subject to hydrolysis) is 1. The largest absolute Gasteiger partial charge is 0.444 e. The number of carbonyl (C=O) groups excluding carboxylic acids is 2. The molecular weight excluding hydrogens is 418 g/mol. The van der Waals surface area contributed by atoms with Crippen LogP contribution in [0.4, 0.5) is 31.1 Å². The molecule has 168 valence electrons. The molecule has 0 saturated carbocycles. The highest BCUT2D eigenvalue weighted by Crippen LogP contribution is 2.38. The van der Waals surface area contributed by atoms with E-state index in [9.17, 15) is 35.9 Å². The van der Waals surface area contributed by atoms with Crippen LogP contribution in [0.2, 0.25) is 0 Å². The predicted molar refractivity (Wildman–Crippen MR) is 94.1 cm³/mol. The van der Waals surface area contributed by atoms with Gasteiger partial charge in [0.05, 0.1) is 0 Å². The number of hydrogen-bond donors (Lipinski definition) is 1. The molecule has 3 unspecified atom stereocenters. The van der Waals surface area contributed by atoms with Crippen molar-refractivity contribution in [2.75, 3.05) is 6.54 Å². The van der Waals surface area contributed by atoms with Gasteiger partial charge in [0.2, 0.25) is 5.91 Å². The molecule has 1 aromatic rings. The van der Waals surface area contributed by atoms with Gasteiger partial charge < -0.3 is 15.0 Å². The van der Waals surface area contributed by atoms with E-state index in [1.807, 2.05) is 0 Å². The molecule has 0 aromatic heterocycles. The fourth-order valence-corrected chi connectivity index (χ4v) is 3.40. The van der Waals surface area contributed by atoms with E-state index in [1.165, 1.54) is 27.7 Å². The quantitative estimate of drug-likeness (QED) is 0.565. The number of carbonyl (C=O) groups is 2. The van der Waals surface area contributed by atoms with Crippen LogP contribution in [0.5, 0.6) is 0 Å². The number of nitrogens with one attached hydrogen (secondary N) is 1. The van der Waals surface area contributed by atoms with Gasteiger partial charge in [-0.1, -0.05) is 0 Å². The summed E-state index contributed by atoms with van der Waals surface area (Å²) in [7, 11) is 0. The lowest BCUT2D eigenvalue weighted by atomic mass is 9.81. The molecule has 1 N–H and O–H groups in total. The van der Waals surface area contributed by atoms with E-state index < -0.39 is 77.8 Å². The standard InChI is InChI=1S/C19H22F6N2O3/c1-9-10(14-11(20)5-6-12(21)15(14)22)7-13(26-17(29)30-18(2,3)4)16(28)27(9)8-19(23,24)25/h5-6,9-10,13H,7-8H2,1-4H3,(H,26,29). The van der Waals surface area contributed by atoms with E-state index >= 15 is 0 Å². The third-order valence-electron chi connectivity index (χ3n) is 4.64. The molecule has 1 heterocycles. The third-order valence-corrected chi connectivity index (χ3v) is 4.64. The highest BCUT2D eigenvalue weighted by atomic mass is 19.4. The number of ether oxygens (including phenoxy) is 1. The number of benzene rings is 1. The minimum atomic E-state index is -4.80.